The quantitative estimate of drug-likeness (QED) is 0.700. The van der Waals surface area contributed by atoms with Crippen molar-refractivity contribution in [2.24, 2.45) is 0 Å². The Bertz CT molecular complexity index is 659. The molecule has 1 N–H and O–H groups in total. The van der Waals surface area contributed by atoms with Gasteiger partial charge in [-0.3, -0.25) is 0 Å². The van der Waals surface area contributed by atoms with Gasteiger partial charge in [0.15, 0.2) is 5.75 Å². The molecule has 1 saturated carbocycles. The summed E-state index contributed by atoms with van der Waals surface area (Å²) in [4.78, 5) is 0. The fraction of sp³-hybridized carbons (Fsp3) is 0.250. The molecule has 5 heteroatoms. The van der Waals surface area contributed by atoms with E-state index in [9.17, 15) is 0 Å². The van der Waals surface area contributed by atoms with E-state index in [1.807, 2.05) is 30.3 Å². The van der Waals surface area contributed by atoms with Gasteiger partial charge in [-0.2, -0.15) is 0 Å². The summed E-state index contributed by atoms with van der Waals surface area (Å²) in [6, 6.07) is 11.9. The van der Waals surface area contributed by atoms with Crippen LogP contribution in [0.1, 0.15) is 18.4 Å². The third kappa shape index (κ3) is 3.92. The normalized spacial score (nSPS) is 14.2. The highest BCUT2D eigenvalue weighted by Crippen LogP contribution is 2.37. The van der Waals surface area contributed by atoms with Crippen LogP contribution in [0.5, 0.6) is 11.5 Å². The summed E-state index contributed by atoms with van der Waals surface area (Å²) in [6.07, 6.45) is 2.49. The van der Waals surface area contributed by atoms with Gasteiger partial charge in [-0.05, 0) is 37.1 Å². The molecule has 0 atom stereocenters. The predicted octanol–water partition coefficient (Wildman–Crippen LogP) is 5.80. The second-order valence-corrected chi connectivity index (χ2v) is 6.79. The number of rotatable bonds is 5. The first-order chi connectivity index (χ1) is 10.1. The summed E-state index contributed by atoms with van der Waals surface area (Å²) in [7, 11) is 0. The number of hydrogen-bond donors (Lipinski definition) is 1. The van der Waals surface area contributed by atoms with Crippen molar-refractivity contribution in [1.82, 2.24) is 5.32 Å². The average molecular weight is 387 g/mol. The van der Waals surface area contributed by atoms with E-state index in [0.29, 0.717) is 27.6 Å². The molecule has 2 aromatic rings. The summed E-state index contributed by atoms with van der Waals surface area (Å²) in [5, 5.41) is 4.60. The van der Waals surface area contributed by atoms with Gasteiger partial charge in [0.1, 0.15) is 5.75 Å². The molecule has 110 valence electrons. The van der Waals surface area contributed by atoms with Crippen LogP contribution in [0.2, 0.25) is 10.0 Å². The minimum Gasteiger partial charge on any atom is -0.454 e. The Labute approximate surface area is 142 Å². The monoisotopic (exact) mass is 385 g/mol. The fourth-order valence-electron chi connectivity index (χ4n) is 2.02. The van der Waals surface area contributed by atoms with Gasteiger partial charge in [-0.1, -0.05) is 51.3 Å². The van der Waals surface area contributed by atoms with Crippen LogP contribution in [0.15, 0.2) is 40.9 Å². The molecule has 0 heterocycles. The highest BCUT2D eigenvalue weighted by Gasteiger charge is 2.21. The van der Waals surface area contributed by atoms with Crippen LogP contribution in [-0.4, -0.2) is 6.04 Å². The maximum Gasteiger partial charge on any atom is 0.150 e. The maximum absolute atomic E-state index is 6.29. The van der Waals surface area contributed by atoms with E-state index < -0.39 is 0 Å². The Morgan fingerprint density at radius 1 is 1.14 bits per heavy atom. The van der Waals surface area contributed by atoms with Gasteiger partial charge >= 0.3 is 0 Å². The predicted molar refractivity (Wildman–Crippen MR) is 90.5 cm³/mol. The zero-order chi connectivity index (χ0) is 14.8. The molecule has 0 unspecified atom stereocenters. The molecular formula is C16H14BrCl2NO. The molecule has 1 aliphatic carbocycles. The number of halogens is 3. The van der Waals surface area contributed by atoms with Crippen LogP contribution in [-0.2, 0) is 6.54 Å². The zero-order valence-corrected chi connectivity index (χ0v) is 14.3. The third-order valence-corrected chi connectivity index (χ3v) is 4.40. The van der Waals surface area contributed by atoms with Crippen LogP contribution >= 0.6 is 39.1 Å². The second kappa shape index (κ2) is 6.57. The van der Waals surface area contributed by atoms with Gasteiger partial charge in [0.05, 0.1) is 10.0 Å². The van der Waals surface area contributed by atoms with Crippen molar-refractivity contribution in [3.8, 4) is 11.5 Å². The standard InChI is InChI=1S/C16H14BrCl2NO/c17-11-4-7-15(14(19)8-11)21-16-10(2-1-3-13(16)18)9-20-12-5-6-12/h1-4,7-8,12,20H,5-6,9H2. The van der Waals surface area contributed by atoms with E-state index in [4.69, 9.17) is 27.9 Å². The van der Waals surface area contributed by atoms with Gasteiger partial charge in [0.25, 0.3) is 0 Å². The highest BCUT2D eigenvalue weighted by molar-refractivity contribution is 9.10. The van der Waals surface area contributed by atoms with Gasteiger partial charge in [-0.15, -0.1) is 0 Å². The molecule has 0 amide bonds. The molecule has 2 nitrogen and oxygen atoms in total. The topological polar surface area (TPSA) is 21.3 Å². The number of para-hydroxylation sites is 1. The molecule has 0 aliphatic heterocycles. The first kappa shape index (κ1) is 15.2. The molecule has 2 aromatic carbocycles. The molecule has 0 radical (unpaired) electrons. The third-order valence-electron chi connectivity index (χ3n) is 3.31. The number of nitrogens with one attached hydrogen (secondary N) is 1. The van der Waals surface area contributed by atoms with E-state index in [1.165, 1.54) is 12.8 Å². The molecule has 0 aromatic heterocycles. The van der Waals surface area contributed by atoms with Crippen molar-refractivity contribution in [3.63, 3.8) is 0 Å². The summed E-state index contributed by atoms with van der Waals surface area (Å²) >= 11 is 15.9. The number of benzene rings is 2. The largest absolute Gasteiger partial charge is 0.454 e. The lowest BCUT2D eigenvalue weighted by molar-refractivity contribution is 0.473. The Hall–Kier alpha value is -0.740. The van der Waals surface area contributed by atoms with E-state index >= 15 is 0 Å². The van der Waals surface area contributed by atoms with E-state index in [1.54, 1.807) is 6.07 Å². The summed E-state index contributed by atoms with van der Waals surface area (Å²) < 4.78 is 6.87. The van der Waals surface area contributed by atoms with Crippen LogP contribution in [0.25, 0.3) is 0 Å². The Kier molecular flexibility index (Phi) is 4.75. The molecular weight excluding hydrogens is 373 g/mol. The average Bonchev–Trinajstić information content (AvgIpc) is 3.26. The van der Waals surface area contributed by atoms with Crippen LogP contribution < -0.4 is 10.1 Å². The Morgan fingerprint density at radius 3 is 2.67 bits per heavy atom. The smallest absolute Gasteiger partial charge is 0.150 e. The molecule has 1 fully saturated rings. The summed E-state index contributed by atoms with van der Waals surface area (Å²) in [6.45, 7) is 0.745. The molecule has 0 saturated heterocycles. The van der Waals surface area contributed by atoms with Crippen molar-refractivity contribution in [2.75, 3.05) is 0 Å². The van der Waals surface area contributed by atoms with Crippen LogP contribution in [0.4, 0.5) is 0 Å². The number of ether oxygens (including phenoxy) is 1. The van der Waals surface area contributed by atoms with Crippen molar-refractivity contribution >= 4 is 39.1 Å². The van der Waals surface area contributed by atoms with Crippen molar-refractivity contribution in [1.29, 1.82) is 0 Å². The molecule has 0 bridgehead atoms. The van der Waals surface area contributed by atoms with Crippen molar-refractivity contribution < 1.29 is 4.74 Å². The van der Waals surface area contributed by atoms with Crippen molar-refractivity contribution in [3.05, 3.63) is 56.5 Å². The fourth-order valence-corrected chi connectivity index (χ4v) is 2.96. The van der Waals surface area contributed by atoms with Crippen LogP contribution in [0.3, 0.4) is 0 Å². The zero-order valence-electron chi connectivity index (χ0n) is 11.2. The number of hydrogen-bond acceptors (Lipinski definition) is 2. The first-order valence-corrected chi connectivity index (χ1v) is 8.32. The molecule has 21 heavy (non-hydrogen) atoms. The van der Waals surface area contributed by atoms with Crippen molar-refractivity contribution in [2.45, 2.75) is 25.4 Å². The van der Waals surface area contributed by atoms with E-state index in [2.05, 4.69) is 21.2 Å². The lowest BCUT2D eigenvalue weighted by Crippen LogP contribution is -2.15. The van der Waals surface area contributed by atoms with Crippen LogP contribution in [0, 0.1) is 0 Å². The van der Waals surface area contributed by atoms with Gasteiger partial charge < -0.3 is 10.1 Å². The van der Waals surface area contributed by atoms with E-state index in [-0.39, 0.29) is 0 Å². The molecule has 1 aliphatic rings. The minimum atomic E-state index is 0.547. The lowest BCUT2D eigenvalue weighted by Gasteiger charge is -2.14. The van der Waals surface area contributed by atoms with Gasteiger partial charge in [0, 0.05) is 22.6 Å². The Balaban J connectivity index is 1.85. The molecule has 0 spiro atoms. The Morgan fingerprint density at radius 2 is 1.95 bits per heavy atom. The van der Waals surface area contributed by atoms with E-state index in [0.717, 1.165) is 16.6 Å². The lowest BCUT2D eigenvalue weighted by atomic mass is 10.2. The maximum atomic E-state index is 6.29. The van der Waals surface area contributed by atoms with Gasteiger partial charge in [-0.25, -0.2) is 0 Å². The first-order valence-electron chi connectivity index (χ1n) is 6.77. The molecule has 3 rings (SSSR count). The minimum absolute atomic E-state index is 0.547. The van der Waals surface area contributed by atoms with Gasteiger partial charge in [0.2, 0.25) is 0 Å². The second-order valence-electron chi connectivity index (χ2n) is 5.06. The summed E-state index contributed by atoms with van der Waals surface area (Å²) in [5.41, 5.74) is 1.04. The SMILES string of the molecule is Clc1cc(Br)ccc1Oc1c(Cl)cccc1CNC1CC1. The highest BCUT2D eigenvalue weighted by atomic mass is 79.9. The summed E-state index contributed by atoms with van der Waals surface area (Å²) in [5.74, 6) is 1.26.